The Balaban J connectivity index is 1.94. The van der Waals surface area contributed by atoms with E-state index in [9.17, 15) is 5.26 Å². The molecule has 0 radical (unpaired) electrons. The van der Waals surface area contributed by atoms with Crippen LogP contribution >= 0.6 is 22.9 Å². The zero-order valence-corrected chi connectivity index (χ0v) is 11.9. The monoisotopic (exact) mass is 288 g/mol. The number of nitriles is 1. The average molecular weight is 289 g/mol. The van der Waals surface area contributed by atoms with Gasteiger partial charge in [-0.05, 0) is 53.4 Å². The first-order chi connectivity index (χ1) is 9.28. The fraction of sp³-hybridized carbons (Fsp3) is 0.267. The smallest absolute Gasteiger partial charge is 0.101 e. The summed E-state index contributed by atoms with van der Waals surface area (Å²) in [7, 11) is 0. The number of rotatable bonds is 4. The lowest BCUT2D eigenvalue weighted by atomic mass is 10.1. The van der Waals surface area contributed by atoms with E-state index in [2.05, 4.69) is 27.8 Å². The molecule has 0 amide bonds. The third-order valence-electron chi connectivity index (χ3n) is 3.31. The van der Waals surface area contributed by atoms with Crippen molar-refractivity contribution < 1.29 is 0 Å². The normalized spacial score (nSPS) is 14.1. The van der Waals surface area contributed by atoms with Crippen LogP contribution in [0.3, 0.4) is 0 Å². The topological polar surface area (TPSA) is 27.0 Å². The van der Waals surface area contributed by atoms with Crippen LogP contribution in [0.2, 0.25) is 5.02 Å². The molecule has 2 aromatic rings. The van der Waals surface area contributed by atoms with Crippen molar-refractivity contribution in [2.45, 2.75) is 25.4 Å². The zero-order valence-electron chi connectivity index (χ0n) is 10.3. The van der Waals surface area contributed by atoms with Crippen LogP contribution in [0.25, 0.3) is 0 Å². The molecule has 1 aliphatic rings. The number of thiophene rings is 1. The molecule has 1 heterocycles. The van der Waals surface area contributed by atoms with E-state index in [1.165, 1.54) is 18.4 Å². The molecule has 4 heteroatoms. The highest BCUT2D eigenvalue weighted by atomic mass is 35.5. The molecular weight excluding hydrogens is 276 g/mol. The van der Waals surface area contributed by atoms with Gasteiger partial charge in [0.05, 0.1) is 11.3 Å². The molecule has 1 saturated carbocycles. The molecule has 1 aromatic heterocycles. The third kappa shape index (κ3) is 2.75. The molecule has 0 spiro atoms. The van der Waals surface area contributed by atoms with Crippen molar-refractivity contribution in [2.24, 2.45) is 0 Å². The van der Waals surface area contributed by atoms with E-state index >= 15 is 0 Å². The van der Waals surface area contributed by atoms with Gasteiger partial charge in [0.2, 0.25) is 0 Å². The Bertz CT molecular complexity index is 612. The summed E-state index contributed by atoms with van der Waals surface area (Å²) in [5.41, 5.74) is 2.96. The number of halogens is 1. The summed E-state index contributed by atoms with van der Waals surface area (Å²) in [5.74, 6) is 0. The molecule has 3 rings (SSSR count). The van der Waals surface area contributed by atoms with Crippen molar-refractivity contribution in [2.75, 3.05) is 4.90 Å². The molecule has 0 N–H and O–H groups in total. The molecular formula is C15H13ClN2S. The van der Waals surface area contributed by atoms with Gasteiger partial charge >= 0.3 is 0 Å². The van der Waals surface area contributed by atoms with E-state index in [0.29, 0.717) is 16.6 Å². The predicted molar refractivity (Wildman–Crippen MR) is 79.7 cm³/mol. The second kappa shape index (κ2) is 5.24. The van der Waals surface area contributed by atoms with Crippen molar-refractivity contribution in [3.8, 4) is 6.07 Å². The summed E-state index contributed by atoms with van der Waals surface area (Å²) in [6.07, 6.45) is 2.41. The minimum absolute atomic E-state index is 0.563. The van der Waals surface area contributed by atoms with Gasteiger partial charge in [0.15, 0.2) is 0 Å². The van der Waals surface area contributed by atoms with Gasteiger partial charge in [-0.1, -0.05) is 11.6 Å². The highest BCUT2D eigenvalue weighted by Gasteiger charge is 2.30. The number of hydrogen-bond acceptors (Lipinski definition) is 3. The van der Waals surface area contributed by atoms with Crippen LogP contribution in [0.4, 0.5) is 5.69 Å². The van der Waals surface area contributed by atoms with Gasteiger partial charge in [-0.15, -0.1) is 0 Å². The number of nitrogens with zero attached hydrogens (tertiary/aromatic N) is 2. The van der Waals surface area contributed by atoms with Crippen molar-refractivity contribution >= 4 is 28.6 Å². The molecule has 96 valence electrons. The van der Waals surface area contributed by atoms with Gasteiger partial charge in [-0.25, -0.2) is 0 Å². The van der Waals surface area contributed by atoms with Crippen LogP contribution in [0.15, 0.2) is 35.0 Å². The van der Waals surface area contributed by atoms with Gasteiger partial charge in [0.1, 0.15) is 6.07 Å². The largest absolute Gasteiger partial charge is 0.363 e. The Morgan fingerprint density at radius 1 is 1.37 bits per heavy atom. The van der Waals surface area contributed by atoms with E-state index < -0.39 is 0 Å². The van der Waals surface area contributed by atoms with Crippen LogP contribution in [-0.2, 0) is 6.54 Å². The SMILES string of the molecule is N#Cc1cc(Cl)ccc1N(Cc1ccsc1)C1CC1. The Morgan fingerprint density at radius 2 is 2.21 bits per heavy atom. The van der Waals surface area contributed by atoms with Gasteiger partial charge in [-0.2, -0.15) is 16.6 Å². The van der Waals surface area contributed by atoms with Gasteiger partial charge in [-0.3, -0.25) is 0 Å². The summed E-state index contributed by atoms with van der Waals surface area (Å²) < 4.78 is 0. The van der Waals surface area contributed by atoms with Crippen LogP contribution in [0, 0.1) is 11.3 Å². The summed E-state index contributed by atoms with van der Waals surface area (Å²) in [6.45, 7) is 0.866. The minimum Gasteiger partial charge on any atom is -0.363 e. The van der Waals surface area contributed by atoms with Gasteiger partial charge in [0.25, 0.3) is 0 Å². The second-order valence-corrected chi connectivity index (χ2v) is 5.98. The molecule has 1 aromatic carbocycles. The Labute approximate surface area is 121 Å². The standard InChI is InChI=1S/C15H13ClN2S/c16-13-1-4-15(12(7-13)8-17)18(14-2-3-14)9-11-5-6-19-10-11/h1,4-7,10,14H,2-3,9H2. The highest BCUT2D eigenvalue weighted by molar-refractivity contribution is 7.07. The first-order valence-electron chi connectivity index (χ1n) is 6.25. The van der Waals surface area contributed by atoms with Crippen molar-refractivity contribution in [3.05, 3.63) is 51.2 Å². The third-order valence-corrected chi connectivity index (χ3v) is 4.28. The van der Waals surface area contributed by atoms with Crippen LogP contribution in [0.5, 0.6) is 0 Å². The Hall–Kier alpha value is -1.50. The average Bonchev–Trinajstić information content (AvgIpc) is 3.13. The molecule has 2 nitrogen and oxygen atoms in total. The molecule has 1 fully saturated rings. The highest BCUT2D eigenvalue weighted by Crippen LogP contribution is 2.35. The second-order valence-electron chi connectivity index (χ2n) is 4.76. The summed E-state index contributed by atoms with van der Waals surface area (Å²) in [4.78, 5) is 2.33. The fourth-order valence-electron chi connectivity index (χ4n) is 2.22. The van der Waals surface area contributed by atoms with E-state index in [1.807, 2.05) is 12.1 Å². The first kappa shape index (κ1) is 12.5. The lowest BCUT2D eigenvalue weighted by Crippen LogP contribution is -2.25. The van der Waals surface area contributed by atoms with Crippen LogP contribution in [-0.4, -0.2) is 6.04 Å². The van der Waals surface area contributed by atoms with Crippen molar-refractivity contribution in [1.29, 1.82) is 5.26 Å². The van der Waals surface area contributed by atoms with E-state index in [0.717, 1.165) is 12.2 Å². The molecule has 0 aliphatic heterocycles. The van der Waals surface area contributed by atoms with Crippen molar-refractivity contribution in [3.63, 3.8) is 0 Å². The van der Waals surface area contributed by atoms with Gasteiger partial charge in [0, 0.05) is 17.6 Å². The Kier molecular flexibility index (Phi) is 3.46. The summed E-state index contributed by atoms with van der Waals surface area (Å²) >= 11 is 7.68. The van der Waals surface area contributed by atoms with E-state index in [1.54, 1.807) is 17.4 Å². The van der Waals surface area contributed by atoms with E-state index in [-0.39, 0.29) is 0 Å². The molecule has 0 unspecified atom stereocenters. The number of anilines is 1. The number of hydrogen-bond donors (Lipinski definition) is 0. The lowest BCUT2D eigenvalue weighted by Gasteiger charge is -2.25. The minimum atomic E-state index is 0.563. The molecule has 19 heavy (non-hydrogen) atoms. The predicted octanol–water partition coefficient (Wildman–Crippen LogP) is 4.44. The molecule has 1 aliphatic carbocycles. The van der Waals surface area contributed by atoms with E-state index in [4.69, 9.17) is 11.6 Å². The maximum Gasteiger partial charge on any atom is 0.101 e. The quantitative estimate of drug-likeness (QED) is 0.831. The molecule has 0 saturated heterocycles. The Morgan fingerprint density at radius 3 is 2.84 bits per heavy atom. The fourth-order valence-corrected chi connectivity index (χ4v) is 3.06. The molecule has 0 bridgehead atoms. The zero-order chi connectivity index (χ0) is 13.2. The number of benzene rings is 1. The lowest BCUT2D eigenvalue weighted by molar-refractivity contribution is 0.795. The van der Waals surface area contributed by atoms with Crippen LogP contribution in [0.1, 0.15) is 24.0 Å². The summed E-state index contributed by atoms with van der Waals surface area (Å²) in [6, 6.07) is 10.5. The summed E-state index contributed by atoms with van der Waals surface area (Å²) in [5, 5.41) is 14.2. The van der Waals surface area contributed by atoms with Crippen molar-refractivity contribution in [1.82, 2.24) is 0 Å². The maximum atomic E-state index is 9.29. The maximum absolute atomic E-state index is 9.29. The molecule has 0 atom stereocenters. The van der Waals surface area contributed by atoms with Gasteiger partial charge < -0.3 is 4.90 Å². The first-order valence-corrected chi connectivity index (χ1v) is 7.57. The van der Waals surface area contributed by atoms with Crippen LogP contribution < -0.4 is 4.90 Å².